The third-order valence-electron chi connectivity index (χ3n) is 4.46. The van der Waals surface area contributed by atoms with E-state index in [2.05, 4.69) is 0 Å². The first kappa shape index (κ1) is 14.9. The van der Waals surface area contributed by atoms with Gasteiger partial charge in [-0.05, 0) is 19.4 Å². The molecule has 0 N–H and O–H groups in total. The van der Waals surface area contributed by atoms with Gasteiger partial charge in [0, 0.05) is 18.5 Å². The number of fused-ring (bicyclic) bond motifs is 3. The Labute approximate surface area is 130 Å². The Morgan fingerprint density at radius 1 is 1.36 bits per heavy atom. The molecule has 0 spiro atoms. The molecule has 5 heteroatoms. The summed E-state index contributed by atoms with van der Waals surface area (Å²) in [5, 5.41) is 0. The lowest BCUT2D eigenvalue weighted by Gasteiger charge is -2.22. The Morgan fingerprint density at radius 2 is 2.14 bits per heavy atom. The Hall–Kier alpha value is -2.04. The van der Waals surface area contributed by atoms with Gasteiger partial charge in [0.2, 0.25) is 5.91 Å². The van der Waals surface area contributed by atoms with Crippen LogP contribution in [0.3, 0.4) is 0 Å². The van der Waals surface area contributed by atoms with E-state index in [1.54, 1.807) is 11.8 Å². The molecule has 2 aliphatic rings. The van der Waals surface area contributed by atoms with E-state index < -0.39 is 5.92 Å². The first-order valence-corrected chi connectivity index (χ1v) is 7.80. The molecule has 3 atom stereocenters. The normalized spacial score (nSPS) is 25.4. The van der Waals surface area contributed by atoms with Crippen molar-refractivity contribution >= 4 is 11.9 Å². The Bertz CT molecular complexity index is 613. The number of carbonyl (C=O) groups is 2. The topological polar surface area (TPSA) is 55.8 Å². The zero-order chi connectivity index (χ0) is 15.9. The average Bonchev–Trinajstić information content (AvgIpc) is 3.05. The standard InChI is InChI=1S/C17H21NO4/c1-4-13(19)18-9-12(17(20)21-5-2)16-14(18)11-8-6-7-10(3)15(11)22-16/h6-8,12,14,16H,4-5,9H2,1-3H3/t12-,14+,16+/m1/s1. The molecule has 0 radical (unpaired) electrons. The monoisotopic (exact) mass is 303 g/mol. The van der Waals surface area contributed by atoms with Crippen LogP contribution in [0.25, 0.3) is 0 Å². The van der Waals surface area contributed by atoms with Gasteiger partial charge in [-0.25, -0.2) is 0 Å². The fraction of sp³-hybridized carbons (Fsp3) is 0.529. The number of nitrogens with zero attached hydrogens (tertiary/aromatic N) is 1. The van der Waals surface area contributed by atoms with Crippen LogP contribution < -0.4 is 4.74 Å². The van der Waals surface area contributed by atoms with Crippen molar-refractivity contribution in [1.82, 2.24) is 4.90 Å². The van der Waals surface area contributed by atoms with Crippen LogP contribution in [-0.2, 0) is 14.3 Å². The Kier molecular flexibility index (Phi) is 3.81. The molecule has 118 valence electrons. The Morgan fingerprint density at radius 3 is 2.82 bits per heavy atom. The van der Waals surface area contributed by atoms with E-state index in [1.807, 2.05) is 32.0 Å². The summed E-state index contributed by atoms with van der Waals surface area (Å²) in [6.07, 6.45) is 0.0746. The molecule has 3 rings (SSSR count). The molecule has 5 nitrogen and oxygen atoms in total. The highest BCUT2D eigenvalue weighted by Gasteiger charge is 2.54. The average molecular weight is 303 g/mol. The van der Waals surface area contributed by atoms with Crippen molar-refractivity contribution in [2.75, 3.05) is 13.2 Å². The molecule has 2 heterocycles. The van der Waals surface area contributed by atoms with Crippen LogP contribution >= 0.6 is 0 Å². The molecule has 1 fully saturated rings. The summed E-state index contributed by atoms with van der Waals surface area (Å²) < 4.78 is 11.2. The molecular weight excluding hydrogens is 282 g/mol. The van der Waals surface area contributed by atoms with Crippen LogP contribution in [0, 0.1) is 12.8 Å². The second-order valence-electron chi connectivity index (χ2n) is 5.78. The van der Waals surface area contributed by atoms with Crippen LogP contribution in [0.15, 0.2) is 18.2 Å². The molecule has 0 saturated carbocycles. The molecule has 1 saturated heterocycles. The predicted octanol–water partition coefficient (Wildman–Crippen LogP) is 2.23. The SMILES string of the molecule is CCOC(=O)[C@@H]1CN(C(=O)CC)[C@H]2c3cccc(C)c3O[C@@H]12. The molecule has 1 amide bonds. The van der Waals surface area contributed by atoms with Crippen molar-refractivity contribution in [1.29, 1.82) is 0 Å². The molecule has 0 unspecified atom stereocenters. The van der Waals surface area contributed by atoms with Crippen LogP contribution in [0.4, 0.5) is 0 Å². The van der Waals surface area contributed by atoms with Gasteiger partial charge in [-0.15, -0.1) is 0 Å². The summed E-state index contributed by atoms with van der Waals surface area (Å²) in [7, 11) is 0. The zero-order valence-electron chi connectivity index (χ0n) is 13.2. The fourth-order valence-corrected chi connectivity index (χ4v) is 3.44. The minimum absolute atomic E-state index is 0.0414. The van der Waals surface area contributed by atoms with Gasteiger partial charge < -0.3 is 14.4 Å². The number of esters is 1. The summed E-state index contributed by atoms with van der Waals surface area (Å²) in [5.41, 5.74) is 2.03. The van der Waals surface area contributed by atoms with E-state index >= 15 is 0 Å². The largest absolute Gasteiger partial charge is 0.486 e. The first-order valence-electron chi connectivity index (χ1n) is 7.80. The second-order valence-corrected chi connectivity index (χ2v) is 5.78. The molecule has 1 aromatic rings. The molecule has 22 heavy (non-hydrogen) atoms. The van der Waals surface area contributed by atoms with E-state index in [0.29, 0.717) is 19.6 Å². The summed E-state index contributed by atoms with van der Waals surface area (Å²) in [6.45, 7) is 6.30. The quantitative estimate of drug-likeness (QED) is 0.804. The highest BCUT2D eigenvalue weighted by molar-refractivity contribution is 5.81. The van der Waals surface area contributed by atoms with Crippen molar-refractivity contribution in [2.24, 2.45) is 5.92 Å². The van der Waals surface area contributed by atoms with E-state index in [-0.39, 0.29) is 24.0 Å². The molecule has 0 bridgehead atoms. The molecule has 1 aromatic carbocycles. The molecule has 0 aromatic heterocycles. The van der Waals surface area contributed by atoms with E-state index in [9.17, 15) is 9.59 Å². The van der Waals surface area contributed by atoms with Crippen LogP contribution in [0.1, 0.15) is 37.4 Å². The Balaban J connectivity index is 1.99. The number of likely N-dealkylation sites (tertiary alicyclic amines) is 1. The number of rotatable bonds is 3. The lowest BCUT2D eigenvalue weighted by atomic mass is 9.98. The maximum absolute atomic E-state index is 12.3. The zero-order valence-corrected chi connectivity index (χ0v) is 13.2. The number of benzene rings is 1. The fourth-order valence-electron chi connectivity index (χ4n) is 3.44. The van der Waals surface area contributed by atoms with Gasteiger partial charge >= 0.3 is 5.97 Å². The predicted molar refractivity (Wildman–Crippen MR) is 80.5 cm³/mol. The summed E-state index contributed by atoms with van der Waals surface area (Å²) in [4.78, 5) is 26.3. The lowest BCUT2D eigenvalue weighted by Crippen LogP contribution is -2.31. The van der Waals surface area contributed by atoms with Gasteiger partial charge in [0.1, 0.15) is 17.8 Å². The third-order valence-corrected chi connectivity index (χ3v) is 4.46. The maximum Gasteiger partial charge on any atom is 0.314 e. The van der Waals surface area contributed by atoms with Crippen molar-refractivity contribution in [2.45, 2.75) is 39.3 Å². The number of ether oxygens (including phenoxy) is 2. The highest BCUT2D eigenvalue weighted by Crippen LogP contribution is 2.49. The summed E-state index contributed by atoms with van der Waals surface area (Å²) in [6, 6.07) is 5.74. The molecule has 0 aliphatic carbocycles. The van der Waals surface area contributed by atoms with Crippen molar-refractivity contribution in [3.05, 3.63) is 29.3 Å². The van der Waals surface area contributed by atoms with Crippen molar-refractivity contribution in [3.8, 4) is 5.75 Å². The first-order chi connectivity index (χ1) is 10.6. The van der Waals surface area contributed by atoms with Crippen LogP contribution in [-0.4, -0.2) is 36.0 Å². The van der Waals surface area contributed by atoms with Gasteiger partial charge in [0.05, 0.1) is 12.6 Å². The number of para-hydroxylation sites is 1. The second kappa shape index (κ2) is 5.63. The smallest absolute Gasteiger partial charge is 0.314 e. The van der Waals surface area contributed by atoms with Gasteiger partial charge in [-0.1, -0.05) is 25.1 Å². The third kappa shape index (κ3) is 2.16. The van der Waals surface area contributed by atoms with Crippen LogP contribution in [0.5, 0.6) is 5.75 Å². The highest BCUT2D eigenvalue weighted by atomic mass is 16.5. The number of hydrogen-bond acceptors (Lipinski definition) is 4. The van der Waals surface area contributed by atoms with Crippen molar-refractivity contribution in [3.63, 3.8) is 0 Å². The lowest BCUT2D eigenvalue weighted by molar-refractivity contribution is -0.149. The van der Waals surface area contributed by atoms with Gasteiger partial charge in [0.15, 0.2) is 0 Å². The van der Waals surface area contributed by atoms with Gasteiger partial charge in [-0.3, -0.25) is 9.59 Å². The summed E-state index contributed by atoms with van der Waals surface area (Å²) >= 11 is 0. The van der Waals surface area contributed by atoms with E-state index in [4.69, 9.17) is 9.47 Å². The number of hydrogen-bond donors (Lipinski definition) is 0. The van der Waals surface area contributed by atoms with E-state index in [1.165, 1.54) is 0 Å². The van der Waals surface area contributed by atoms with Crippen molar-refractivity contribution < 1.29 is 19.1 Å². The minimum Gasteiger partial charge on any atom is -0.486 e. The van der Waals surface area contributed by atoms with Gasteiger partial charge in [-0.2, -0.15) is 0 Å². The molecular formula is C17H21NO4. The van der Waals surface area contributed by atoms with E-state index in [0.717, 1.165) is 16.9 Å². The number of carbonyl (C=O) groups excluding carboxylic acids is 2. The van der Waals surface area contributed by atoms with Gasteiger partial charge in [0.25, 0.3) is 0 Å². The molecule has 2 aliphatic heterocycles. The number of amides is 1. The minimum atomic E-state index is -0.424. The maximum atomic E-state index is 12.3. The summed E-state index contributed by atoms with van der Waals surface area (Å²) in [5.74, 6) is 0.141. The number of aryl methyl sites for hydroxylation is 1. The van der Waals surface area contributed by atoms with Crippen LogP contribution in [0.2, 0.25) is 0 Å².